The summed E-state index contributed by atoms with van der Waals surface area (Å²) in [6, 6.07) is 0. The van der Waals surface area contributed by atoms with Gasteiger partial charge in [-0.25, -0.2) is 0 Å². The quantitative estimate of drug-likeness (QED) is 0.462. The van der Waals surface area contributed by atoms with Gasteiger partial charge in [-0.15, -0.1) is 0 Å². The first-order chi connectivity index (χ1) is 4.33. The minimum atomic E-state index is 0. The molecule has 0 saturated heterocycles. The molecular weight excluding hydrogens is 570 g/mol. The predicted molar refractivity (Wildman–Crippen MR) is 30.8 cm³/mol. The topological polar surface area (TPSA) is 17.8 Å². The average molecular weight is 576 g/mol. The molecule has 6 heteroatoms. The average Bonchev–Trinajstić information content (AvgIpc) is 2.17. The van der Waals surface area contributed by atoms with Crippen molar-refractivity contribution in [3.63, 3.8) is 0 Å². The van der Waals surface area contributed by atoms with Crippen molar-refractivity contribution in [2.45, 2.75) is 13.5 Å². The summed E-state index contributed by atoms with van der Waals surface area (Å²) < 4.78 is 4.78. The maximum atomic E-state index is 4.00. The number of hydrogen-bond acceptors (Lipinski definition) is 1. The van der Waals surface area contributed by atoms with Crippen LogP contribution < -0.4 is 0 Å². The van der Waals surface area contributed by atoms with Crippen molar-refractivity contribution in [1.82, 2.24) is 9.55 Å². The van der Waals surface area contributed by atoms with Gasteiger partial charge >= 0.3 is 62.9 Å². The van der Waals surface area contributed by atoms with Crippen LogP contribution in [0.5, 0.6) is 0 Å². The Kier molecular flexibility index (Phi) is 17.2. The van der Waals surface area contributed by atoms with Crippen LogP contribution in [0.15, 0.2) is 6.33 Å². The summed E-state index contributed by atoms with van der Waals surface area (Å²) in [7, 11) is 0. The first kappa shape index (κ1) is 19.2. The second-order valence-corrected chi connectivity index (χ2v) is 2.22. The third kappa shape index (κ3) is 7.07. The first-order valence-corrected chi connectivity index (χ1v) is 3.31. The van der Waals surface area contributed by atoms with Gasteiger partial charge in [-0.2, -0.15) is 0 Å². The molecule has 0 unspecified atom stereocenters. The van der Waals surface area contributed by atoms with Gasteiger partial charge in [-0.05, 0) is 0 Å². The van der Waals surface area contributed by atoms with Crippen molar-refractivity contribution in [2.24, 2.45) is 0 Å². The van der Waals surface area contributed by atoms with E-state index >= 15 is 0 Å². The van der Waals surface area contributed by atoms with Gasteiger partial charge in [0.05, 0.1) is 0 Å². The molecule has 0 bridgehead atoms. The molecular formula is C6H6N2V2W2-2. The summed E-state index contributed by atoms with van der Waals surface area (Å²) in [4.78, 5) is 4.00. The summed E-state index contributed by atoms with van der Waals surface area (Å²) in [5.74, 6) is 0. The number of nitrogens with zero attached hydrogens (tertiary/aromatic N) is 2. The molecule has 64 valence electrons. The van der Waals surface area contributed by atoms with Crippen molar-refractivity contribution in [3.8, 4) is 0 Å². The van der Waals surface area contributed by atoms with Gasteiger partial charge in [-0.3, -0.25) is 0 Å². The third-order valence-electron chi connectivity index (χ3n) is 0.937. The molecule has 0 atom stereocenters. The Balaban J connectivity index is -0.000000270. The smallest absolute Gasteiger partial charge is 0 e. The molecule has 1 aromatic heterocycles. The molecule has 0 saturated carbocycles. The SMILES string of the molecule is Cc1[c-]n(C[C-]=[V])cn1.[V].[W].[W]. The third-order valence-corrected chi connectivity index (χ3v) is 1.16. The van der Waals surface area contributed by atoms with Crippen LogP contribution in [-0.2, 0) is 84.2 Å². The number of aromatic nitrogens is 2. The molecule has 0 aliphatic carbocycles. The molecule has 12 heavy (non-hydrogen) atoms. The fraction of sp³-hybridized carbons (Fsp3) is 0.333. The molecule has 0 spiro atoms. The maximum absolute atomic E-state index is 4.00. The molecule has 0 aliphatic heterocycles. The molecule has 2 nitrogen and oxygen atoms in total. The van der Waals surface area contributed by atoms with Crippen LogP contribution in [0.2, 0.25) is 0 Å². The number of rotatable bonds is 2. The van der Waals surface area contributed by atoms with E-state index in [1.54, 1.807) is 6.33 Å². The number of imidazole rings is 1. The van der Waals surface area contributed by atoms with Gasteiger partial charge in [-0.1, -0.05) is 0 Å². The number of aryl methyl sites for hydroxylation is 1. The monoisotopic (exact) mass is 576 g/mol. The van der Waals surface area contributed by atoms with Crippen LogP contribution in [-0.4, -0.2) is 14.3 Å². The Labute approximate surface area is 122 Å². The van der Waals surface area contributed by atoms with E-state index in [0.29, 0.717) is 0 Å². The molecule has 0 aromatic carbocycles. The van der Waals surface area contributed by atoms with Gasteiger partial charge in [0, 0.05) is 60.7 Å². The second-order valence-electron chi connectivity index (χ2n) is 1.73. The normalized spacial score (nSPS) is 7.00. The van der Waals surface area contributed by atoms with Crippen molar-refractivity contribution in [3.05, 3.63) is 18.2 Å². The zero-order valence-electron chi connectivity index (χ0n) is 6.39. The molecule has 0 aliphatic rings. The maximum Gasteiger partial charge on any atom is 0 e. The Morgan fingerprint density at radius 1 is 1.67 bits per heavy atom. The van der Waals surface area contributed by atoms with Crippen LogP contribution >= 0.6 is 0 Å². The van der Waals surface area contributed by atoms with Crippen molar-refractivity contribution in [2.75, 3.05) is 0 Å². The molecule has 0 N–H and O–H groups in total. The van der Waals surface area contributed by atoms with Gasteiger partial charge in [0.2, 0.25) is 0 Å². The molecule has 1 aromatic rings. The van der Waals surface area contributed by atoms with Crippen LogP contribution in [0, 0.1) is 13.1 Å². The van der Waals surface area contributed by atoms with Crippen LogP contribution in [0.25, 0.3) is 0 Å². The van der Waals surface area contributed by atoms with Crippen LogP contribution in [0.1, 0.15) is 5.69 Å². The Morgan fingerprint density at radius 2 is 2.25 bits per heavy atom. The zero-order chi connectivity index (χ0) is 6.69. The Hall–Kier alpha value is 1.63. The molecule has 0 fully saturated rings. The minimum absolute atomic E-state index is 0. The van der Waals surface area contributed by atoms with E-state index in [4.69, 9.17) is 0 Å². The first-order valence-electron chi connectivity index (χ1n) is 2.61. The standard InChI is InChI=1S/C6H6N2.2V.2W/c1-3-8-4-6(2)7-5-8;;;;/h5H,3H2,2H3;;;;/q-2;;;;. The van der Waals surface area contributed by atoms with Crippen molar-refractivity contribution >= 4 is 4.73 Å². The van der Waals surface area contributed by atoms with Gasteiger partial charge in [0.1, 0.15) is 0 Å². The van der Waals surface area contributed by atoms with E-state index in [1.807, 2.05) is 11.5 Å². The predicted octanol–water partition coefficient (Wildman–Crippen LogP) is 0.210. The van der Waals surface area contributed by atoms with E-state index in [2.05, 4.69) is 32.9 Å². The van der Waals surface area contributed by atoms with Gasteiger partial charge in [0.15, 0.2) is 0 Å². The van der Waals surface area contributed by atoms with Crippen LogP contribution in [0.4, 0.5) is 0 Å². The molecule has 0 amide bonds. The van der Waals surface area contributed by atoms with E-state index in [9.17, 15) is 0 Å². The minimum Gasteiger partial charge on any atom is 0 e. The summed E-state index contributed by atoms with van der Waals surface area (Å²) >= 11 is 2.29. The Morgan fingerprint density at radius 3 is 2.58 bits per heavy atom. The summed E-state index contributed by atoms with van der Waals surface area (Å²) in [5.41, 5.74) is 0.928. The largest absolute Gasteiger partial charge is 0 e. The summed E-state index contributed by atoms with van der Waals surface area (Å²) in [5, 5.41) is 0. The van der Waals surface area contributed by atoms with Crippen LogP contribution in [0.3, 0.4) is 0 Å². The summed E-state index contributed by atoms with van der Waals surface area (Å²) in [6.07, 6.45) is 4.76. The van der Waals surface area contributed by atoms with E-state index in [-0.39, 0.29) is 60.7 Å². The Bertz CT molecular complexity index is 215. The molecule has 1 heterocycles. The fourth-order valence-corrected chi connectivity index (χ4v) is 0.816. The molecule has 1 rings (SSSR count). The van der Waals surface area contributed by atoms with E-state index in [1.165, 1.54) is 0 Å². The fourth-order valence-electron chi connectivity index (χ4n) is 0.578. The zero-order valence-corrected chi connectivity index (χ0v) is 15.1. The van der Waals surface area contributed by atoms with Gasteiger partial charge in [0.25, 0.3) is 0 Å². The van der Waals surface area contributed by atoms with Crippen molar-refractivity contribution in [1.29, 1.82) is 0 Å². The van der Waals surface area contributed by atoms with Crippen molar-refractivity contribution < 1.29 is 77.7 Å². The number of hydrogen-bond donors (Lipinski definition) is 0. The second kappa shape index (κ2) is 10.7. The van der Waals surface area contributed by atoms with E-state index < -0.39 is 0 Å². The summed E-state index contributed by atoms with van der Waals surface area (Å²) in [6.45, 7) is 2.67. The molecule has 1 radical (unpaired) electrons. The van der Waals surface area contributed by atoms with Gasteiger partial charge < -0.3 is 0 Å². The van der Waals surface area contributed by atoms with E-state index in [0.717, 1.165) is 12.2 Å².